The Morgan fingerprint density at radius 2 is 2.38 bits per heavy atom. The molecular weight excluding hydrogens is 164 g/mol. The monoisotopic (exact) mass is 180 g/mol. The minimum atomic E-state index is -0.884. The average Bonchev–Trinajstić information content (AvgIpc) is 2.04. The summed E-state index contributed by atoms with van der Waals surface area (Å²) in [7, 11) is 0. The lowest BCUT2D eigenvalue weighted by Crippen LogP contribution is -2.16. The number of aliphatic hydroxyl groups is 1. The highest BCUT2D eigenvalue weighted by Gasteiger charge is 2.10. The van der Waals surface area contributed by atoms with Crippen LogP contribution in [0.3, 0.4) is 0 Å². The quantitative estimate of drug-likeness (QED) is 0.624. The van der Waals surface area contributed by atoms with Crippen molar-refractivity contribution in [2.24, 2.45) is 0 Å². The molecule has 1 N–H and O–H groups in total. The number of ether oxygens (including phenoxy) is 1. The van der Waals surface area contributed by atoms with Crippen molar-refractivity contribution in [1.29, 1.82) is 0 Å². The number of rotatable bonds is 1. The van der Waals surface area contributed by atoms with E-state index in [1.54, 1.807) is 20.1 Å². The fourth-order valence-electron chi connectivity index (χ4n) is 1.12. The summed E-state index contributed by atoms with van der Waals surface area (Å²) in [5, 5.41) is 9.32. The first-order valence-corrected chi connectivity index (χ1v) is 4.61. The van der Waals surface area contributed by atoms with Crippen molar-refractivity contribution in [1.82, 2.24) is 0 Å². The molecule has 0 aromatic heterocycles. The van der Waals surface area contributed by atoms with Gasteiger partial charge >= 0.3 is 0 Å². The predicted molar refractivity (Wildman–Crippen MR) is 51.9 cm³/mol. The lowest BCUT2D eigenvalue weighted by atomic mass is 10.1. The van der Waals surface area contributed by atoms with E-state index < -0.39 is 5.60 Å². The Morgan fingerprint density at radius 3 is 2.92 bits per heavy atom. The van der Waals surface area contributed by atoms with Crippen LogP contribution in [0, 0.1) is 11.8 Å². The van der Waals surface area contributed by atoms with Gasteiger partial charge in [-0.3, -0.25) is 0 Å². The molecule has 1 heterocycles. The molecule has 0 saturated carbocycles. The summed E-state index contributed by atoms with van der Waals surface area (Å²) in [5.41, 5.74) is -0.884. The van der Waals surface area contributed by atoms with Gasteiger partial charge in [-0.05, 0) is 32.8 Å². The van der Waals surface area contributed by atoms with Gasteiger partial charge in [0.1, 0.15) is 11.7 Å². The molecule has 0 amide bonds. The molecule has 2 nitrogen and oxygen atoms in total. The van der Waals surface area contributed by atoms with Crippen LogP contribution >= 0.6 is 0 Å². The molecule has 0 bridgehead atoms. The van der Waals surface area contributed by atoms with Crippen LogP contribution in [0.1, 0.15) is 33.1 Å². The van der Waals surface area contributed by atoms with Gasteiger partial charge < -0.3 is 9.84 Å². The van der Waals surface area contributed by atoms with Crippen molar-refractivity contribution < 1.29 is 9.84 Å². The second-order valence-corrected chi connectivity index (χ2v) is 3.77. The molecule has 1 unspecified atom stereocenters. The van der Waals surface area contributed by atoms with Crippen LogP contribution in [-0.2, 0) is 4.74 Å². The van der Waals surface area contributed by atoms with E-state index in [4.69, 9.17) is 4.74 Å². The van der Waals surface area contributed by atoms with Gasteiger partial charge in [0.05, 0.1) is 6.26 Å². The van der Waals surface area contributed by atoms with Gasteiger partial charge in [-0.25, -0.2) is 0 Å². The molecule has 0 radical (unpaired) electrons. The summed E-state index contributed by atoms with van der Waals surface area (Å²) < 4.78 is 5.33. The minimum Gasteiger partial charge on any atom is -0.497 e. The fraction of sp³-hybridized carbons (Fsp3) is 0.636. The Balaban J connectivity index is 2.32. The molecule has 0 aromatic rings. The largest absolute Gasteiger partial charge is 0.497 e. The SMILES string of the molecule is CC(C)(O)C#CCC1CCC=CO1. The van der Waals surface area contributed by atoms with E-state index in [1.807, 2.05) is 6.08 Å². The number of allylic oxidation sites excluding steroid dienone is 1. The van der Waals surface area contributed by atoms with E-state index in [2.05, 4.69) is 11.8 Å². The summed E-state index contributed by atoms with van der Waals surface area (Å²) in [6.07, 6.45) is 6.75. The van der Waals surface area contributed by atoms with Gasteiger partial charge in [-0.15, -0.1) is 0 Å². The van der Waals surface area contributed by atoms with E-state index in [1.165, 1.54) is 0 Å². The first-order valence-electron chi connectivity index (χ1n) is 4.61. The highest BCUT2D eigenvalue weighted by atomic mass is 16.5. The molecule has 0 aromatic carbocycles. The Bertz CT molecular complexity index is 237. The van der Waals surface area contributed by atoms with E-state index in [-0.39, 0.29) is 6.10 Å². The van der Waals surface area contributed by atoms with Crippen molar-refractivity contribution in [3.05, 3.63) is 12.3 Å². The molecule has 1 atom stereocenters. The lowest BCUT2D eigenvalue weighted by molar-refractivity contribution is 0.127. The van der Waals surface area contributed by atoms with Crippen LogP contribution in [0.5, 0.6) is 0 Å². The van der Waals surface area contributed by atoms with E-state index in [9.17, 15) is 5.11 Å². The Hall–Kier alpha value is -0.940. The maximum atomic E-state index is 9.32. The van der Waals surface area contributed by atoms with Crippen molar-refractivity contribution in [2.75, 3.05) is 0 Å². The van der Waals surface area contributed by atoms with Gasteiger partial charge in [0.15, 0.2) is 0 Å². The summed E-state index contributed by atoms with van der Waals surface area (Å²) in [4.78, 5) is 0. The highest BCUT2D eigenvalue weighted by Crippen LogP contribution is 2.12. The van der Waals surface area contributed by atoms with Crippen molar-refractivity contribution in [2.45, 2.75) is 44.8 Å². The molecule has 2 heteroatoms. The summed E-state index contributed by atoms with van der Waals surface area (Å²) in [6.45, 7) is 3.36. The molecule has 1 aliphatic rings. The van der Waals surface area contributed by atoms with Crippen molar-refractivity contribution in [3.63, 3.8) is 0 Å². The average molecular weight is 180 g/mol. The topological polar surface area (TPSA) is 29.5 Å². The molecule has 0 spiro atoms. The maximum Gasteiger partial charge on any atom is 0.119 e. The Morgan fingerprint density at radius 1 is 1.62 bits per heavy atom. The third-order valence-corrected chi connectivity index (χ3v) is 1.75. The molecule has 0 saturated heterocycles. The summed E-state index contributed by atoms with van der Waals surface area (Å²) in [5.74, 6) is 5.71. The molecule has 72 valence electrons. The maximum absolute atomic E-state index is 9.32. The van der Waals surface area contributed by atoms with Crippen molar-refractivity contribution in [3.8, 4) is 11.8 Å². The summed E-state index contributed by atoms with van der Waals surface area (Å²) in [6, 6.07) is 0. The molecule has 13 heavy (non-hydrogen) atoms. The second-order valence-electron chi connectivity index (χ2n) is 3.77. The van der Waals surface area contributed by atoms with E-state index in [0.717, 1.165) is 12.8 Å². The standard InChI is InChI=1S/C11H16O2/c1-11(2,12)8-5-7-10-6-3-4-9-13-10/h4,9-10,12H,3,6-7H2,1-2H3. The van der Waals surface area contributed by atoms with Gasteiger partial charge in [-0.2, -0.15) is 0 Å². The van der Waals surface area contributed by atoms with Crippen LogP contribution in [-0.4, -0.2) is 16.8 Å². The fourth-order valence-corrected chi connectivity index (χ4v) is 1.12. The second kappa shape index (κ2) is 4.34. The van der Waals surface area contributed by atoms with E-state index in [0.29, 0.717) is 6.42 Å². The van der Waals surface area contributed by atoms with Gasteiger partial charge in [0.2, 0.25) is 0 Å². The lowest BCUT2D eigenvalue weighted by Gasteiger charge is -2.16. The molecule has 1 rings (SSSR count). The van der Waals surface area contributed by atoms with Crippen LogP contribution in [0.2, 0.25) is 0 Å². The van der Waals surface area contributed by atoms with Gasteiger partial charge in [0.25, 0.3) is 0 Å². The third-order valence-electron chi connectivity index (χ3n) is 1.75. The first-order chi connectivity index (χ1) is 6.08. The number of hydrogen-bond donors (Lipinski definition) is 1. The zero-order valence-corrected chi connectivity index (χ0v) is 8.21. The van der Waals surface area contributed by atoms with Crippen LogP contribution < -0.4 is 0 Å². The molecule has 1 aliphatic heterocycles. The highest BCUT2D eigenvalue weighted by molar-refractivity contribution is 5.11. The first kappa shape index (κ1) is 10.1. The smallest absolute Gasteiger partial charge is 0.119 e. The third kappa shape index (κ3) is 4.59. The predicted octanol–water partition coefficient (Wildman–Crippen LogP) is 1.84. The zero-order valence-electron chi connectivity index (χ0n) is 8.21. The zero-order chi connectivity index (χ0) is 9.73. The van der Waals surface area contributed by atoms with Crippen LogP contribution in [0.25, 0.3) is 0 Å². The van der Waals surface area contributed by atoms with Gasteiger partial charge in [0, 0.05) is 6.42 Å². The molecule has 0 fully saturated rings. The minimum absolute atomic E-state index is 0.208. The van der Waals surface area contributed by atoms with Crippen LogP contribution in [0.4, 0.5) is 0 Å². The molecule has 0 aliphatic carbocycles. The van der Waals surface area contributed by atoms with Gasteiger partial charge in [-0.1, -0.05) is 11.8 Å². The summed E-state index contributed by atoms with van der Waals surface area (Å²) >= 11 is 0. The normalized spacial score (nSPS) is 21.6. The van der Waals surface area contributed by atoms with Crippen molar-refractivity contribution >= 4 is 0 Å². The number of hydrogen-bond acceptors (Lipinski definition) is 2. The van der Waals surface area contributed by atoms with E-state index >= 15 is 0 Å². The Kier molecular flexibility index (Phi) is 3.39. The Labute approximate surface area is 79.6 Å². The molecular formula is C11H16O2. The van der Waals surface area contributed by atoms with Crippen LogP contribution in [0.15, 0.2) is 12.3 Å².